The highest BCUT2D eigenvalue weighted by Gasteiger charge is 2.29. The van der Waals surface area contributed by atoms with E-state index in [1.807, 2.05) is 29.0 Å². The van der Waals surface area contributed by atoms with Gasteiger partial charge in [0, 0.05) is 24.5 Å². The van der Waals surface area contributed by atoms with Gasteiger partial charge in [0.15, 0.2) is 11.5 Å². The molecule has 2 heterocycles. The Kier molecular flexibility index (Phi) is 5.55. The number of para-hydroxylation sites is 1. The number of carbonyl (C=O) groups excluding carboxylic acids is 1. The van der Waals surface area contributed by atoms with E-state index < -0.39 is 0 Å². The lowest BCUT2D eigenvalue weighted by molar-refractivity contribution is -0.122. The van der Waals surface area contributed by atoms with Crippen molar-refractivity contribution < 1.29 is 14.3 Å². The molecule has 25 heavy (non-hydrogen) atoms. The average Bonchev–Trinajstić information content (AvgIpc) is 3.27. The third-order valence-electron chi connectivity index (χ3n) is 4.50. The second-order valence-electron chi connectivity index (χ2n) is 6.13. The van der Waals surface area contributed by atoms with Crippen LogP contribution < -0.4 is 15.2 Å². The number of carbonyl (C=O) groups is 1. The van der Waals surface area contributed by atoms with Crippen molar-refractivity contribution in [3.05, 3.63) is 42.5 Å². The number of amides is 1. The summed E-state index contributed by atoms with van der Waals surface area (Å²) in [7, 11) is 1.63. The average molecular weight is 344 g/mol. The molecule has 1 aromatic heterocycles. The van der Waals surface area contributed by atoms with Gasteiger partial charge in [0.05, 0.1) is 26.0 Å². The van der Waals surface area contributed by atoms with Gasteiger partial charge in [0.1, 0.15) is 6.61 Å². The first-order chi connectivity index (χ1) is 12.2. The first kappa shape index (κ1) is 17.3. The standard InChI is InChI=1S/C18H24N4O3/c1-24-16-6-2-4-14(12-22-8-3-5-15(22)18(19)23)17(16)25-11-10-21-9-7-20-13-21/h2,4,6-7,9,13,15H,3,5,8,10-12H2,1H3,(H2,19,23)/t15-/m1/s1. The molecule has 0 unspecified atom stereocenters. The van der Waals surface area contributed by atoms with E-state index in [0.717, 1.165) is 30.7 Å². The van der Waals surface area contributed by atoms with Gasteiger partial charge >= 0.3 is 0 Å². The fourth-order valence-corrected chi connectivity index (χ4v) is 3.24. The molecule has 0 spiro atoms. The van der Waals surface area contributed by atoms with Gasteiger partial charge in [0.25, 0.3) is 0 Å². The number of ether oxygens (including phenoxy) is 2. The molecular formula is C18H24N4O3. The fourth-order valence-electron chi connectivity index (χ4n) is 3.24. The molecule has 2 aromatic rings. The van der Waals surface area contributed by atoms with Crippen LogP contribution in [0.4, 0.5) is 0 Å². The van der Waals surface area contributed by atoms with Crippen molar-refractivity contribution >= 4 is 5.91 Å². The second kappa shape index (κ2) is 8.02. The van der Waals surface area contributed by atoms with Crippen LogP contribution in [0.5, 0.6) is 11.5 Å². The summed E-state index contributed by atoms with van der Waals surface area (Å²) < 4.78 is 13.4. The Morgan fingerprint density at radius 1 is 1.44 bits per heavy atom. The number of nitrogens with zero attached hydrogens (tertiary/aromatic N) is 3. The number of primary amides is 1. The maximum absolute atomic E-state index is 11.6. The van der Waals surface area contributed by atoms with E-state index in [1.165, 1.54) is 0 Å². The molecule has 1 atom stereocenters. The number of methoxy groups -OCH3 is 1. The zero-order valence-electron chi connectivity index (χ0n) is 14.4. The van der Waals surface area contributed by atoms with Crippen molar-refractivity contribution in [2.24, 2.45) is 5.73 Å². The largest absolute Gasteiger partial charge is 0.493 e. The predicted octanol–water partition coefficient (Wildman–Crippen LogP) is 1.42. The zero-order valence-corrected chi connectivity index (χ0v) is 14.4. The quantitative estimate of drug-likeness (QED) is 0.783. The van der Waals surface area contributed by atoms with Crippen LogP contribution in [0.3, 0.4) is 0 Å². The second-order valence-corrected chi connectivity index (χ2v) is 6.13. The van der Waals surface area contributed by atoms with Gasteiger partial charge in [-0.25, -0.2) is 4.98 Å². The Hall–Kier alpha value is -2.54. The summed E-state index contributed by atoms with van der Waals surface area (Å²) in [5.74, 6) is 1.15. The van der Waals surface area contributed by atoms with Crippen LogP contribution in [0, 0.1) is 0 Å². The molecule has 2 N–H and O–H groups in total. The number of aromatic nitrogens is 2. The predicted molar refractivity (Wildman–Crippen MR) is 93.3 cm³/mol. The highest BCUT2D eigenvalue weighted by Crippen LogP contribution is 2.33. The first-order valence-electron chi connectivity index (χ1n) is 8.47. The van der Waals surface area contributed by atoms with Crippen molar-refractivity contribution in [2.75, 3.05) is 20.3 Å². The van der Waals surface area contributed by atoms with Crippen LogP contribution in [0.25, 0.3) is 0 Å². The Morgan fingerprint density at radius 3 is 3.04 bits per heavy atom. The molecule has 1 aliphatic rings. The van der Waals surface area contributed by atoms with Crippen molar-refractivity contribution in [2.45, 2.75) is 32.0 Å². The normalized spacial score (nSPS) is 17.6. The molecular weight excluding hydrogens is 320 g/mol. The number of hydrogen-bond acceptors (Lipinski definition) is 5. The van der Waals surface area contributed by atoms with Crippen molar-refractivity contribution in [1.82, 2.24) is 14.5 Å². The van der Waals surface area contributed by atoms with Crippen molar-refractivity contribution in [1.29, 1.82) is 0 Å². The van der Waals surface area contributed by atoms with Crippen LogP contribution in [0.2, 0.25) is 0 Å². The molecule has 0 aliphatic carbocycles. The molecule has 0 radical (unpaired) electrons. The summed E-state index contributed by atoms with van der Waals surface area (Å²) >= 11 is 0. The lowest BCUT2D eigenvalue weighted by atomic mass is 10.1. The molecule has 1 amide bonds. The molecule has 1 aromatic carbocycles. The van der Waals surface area contributed by atoms with Crippen LogP contribution in [-0.4, -0.2) is 46.7 Å². The van der Waals surface area contributed by atoms with Gasteiger partial charge in [-0.3, -0.25) is 9.69 Å². The van der Waals surface area contributed by atoms with Gasteiger partial charge < -0.3 is 19.8 Å². The van der Waals surface area contributed by atoms with Gasteiger partial charge in [-0.1, -0.05) is 12.1 Å². The maximum Gasteiger partial charge on any atom is 0.234 e. The molecule has 1 saturated heterocycles. The summed E-state index contributed by atoms with van der Waals surface area (Å²) in [5.41, 5.74) is 6.52. The minimum absolute atomic E-state index is 0.204. The van der Waals surface area contributed by atoms with E-state index in [0.29, 0.717) is 25.4 Å². The topological polar surface area (TPSA) is 82.6 Å². The Balaban J connectivity index is 1.73. The Labute approximate surface area is 147 Å². The Morgan fingerprint density at radius 2 is 2.32 bits per heavy atom. The molecule has 7 heteroatoms. The number of benzene rings is 1. The monoisotopic (exact) mass is 344 g/mol. The van der Waals surface area contributed by atoms with Crippen LogP contribution in [0.15, 0.2) is 36.9 Å². The molecule has 1 fully saturated rings. The highest BCUT2D eigenvalue weighted by atomic mass is 16.5. The van der Waals surface area contributed by atoms with Gasteiger partial charge in [0.2, 0.25) is 5.91 Å². The van der Waals surface area contributed by atoms with Gasteiger partial charge in [-0.05, 0) is 25.5 Å². The minimum atomic E-state index is -0.261. The zero-order chi connectivity index (χ0) is 17.6. The van der Waals surface area contributed by atoms with E-state index in [4.69, 9.17) is 15.2 Å². The molecule has 0 saturated carbocycles. The number of likely N-dealkylation sites (tertiary alicyclic amines) is 1. The number of nitrogens with two attached hydrogens (primary N) is 1. The maximum atomic E-state index is 11.6. The van der Waals surface area contributed by atoms with Crippen LogP contribution in [-0.2, 0) is 17.9 Å². The molecule has 3 rings (SSSR count). The SMILES string of the molecule is COc1cccc(CN2CCC[C@@H]2C(N)=O)c1OCCn1ccnc1. The summed E-state index contributed by atoms with van der Waals surface area (Å²) in [6, 6.07) is 5.62. The third kappa shape index (κ3) is 4.11. The Bertz CT molecular complexity index is 702. The number of rotatable bonds is 8. The third-order valence-corrected chi connectivity index (χ3v) is 4.50. The highest BCUT2D eigenvalue weighted by molar-refractivity contribution is 5.80. The van der Waals surface area contributed by atoms with Crippen LogP contribution >= 0.6 is 0 Å². The molecule has 0 bridgehead atoms. The summed E-state index contributed by atoms with van der Waals surface area (Å²) in [6.45, 7) is 2.68. The lowest BCUT2D eigenvalue weighted by Crippen LogP contribution is -2.39. The first-order valence-corrected chi connectivity index (χ1v) is 8.47. The summed E-state index contributed by atoms with van der Waals surface area (Å²) in [5, 5.41) is 0. The van der Waals surface area contributed by atoms with E-state index in [1.54, 1.807) is 19.6 Å². The number of hydrogen-bond donors (Lipinski definition) is 1. The summed E-state index contributed by atoms with van der Waals surface area (Å²) in [6.07, 6.45) is 7.19. The van der Waals surface area contributed by atoms with Crippen molar-refractivity contribution in [3.63, 3.8) is 0 Å². The van der Waals surface area contributed by atoms with E-state index in [2.05, 4.69) is 9.88 Å². The van der Waals surface area contributed by atoms with E-state index >= 15 is 0 Å². The van der Waals surface area contributed by atoms with Gasteiger partial charge in [-0.2, -0.15) is 0 Å². The lowest BCUT2D eigenvalue weighted by Gasteiger charge is -2.24. The summed E-state index contributed by atoms with van der Waals surface area (Å²) in [4.78, 5) is 17.8. The molecule has 7 nitrogen and oxygen atoms in total. The van der Waals surface area contributed by atoms with Gasteiger partial charge in [-0.15, -0.1) is 0 Å². The van der Waals surface area contributed by atoms with Crippen molar-refractivity contribution in [3.8, 4) is 11.5 Å². The smallest absolute Gasteiger partial charge is 0.234 e. The molecule has 134 valence electrons. The fraction of sp³-hybridized carbons (Fsp3) is 0.444. The minimum Gasteiger partial charge on any atom is -0.493 e. The van der Waals surface area contributed by atoms with E-state index in [9.17, 15) is 4.79 Å². The number of imidazole rings is 1. The molecule has 1 aliphatic heterocycles. The van der Waals surface area contributed by atoms with Crippen LogP contribution in [0.1, 0.15) is 18.4 Å². The van der Waals surface area contributed by atoms with E-state index in [-0.39, 0.29) is 11.9 Å².